The first kappa shape index (κ1) is 69.7. The van der Waals surface area contributed by atoms with Crippen molar-refractivity contribution in [2.24, 2.45) is 5.73 Å². The van der Waals surface area contributed by atoms with Gasteiger partial charge in [0.25, 0.3) is 11.8 Å². The van der Waals surface area contributed by atoms with E-state index in [4.69, 9.17) is 80.0 Å². The van der Waals surface area contributed by atoms with Crippen molar-refractivity contribution in [3.8, 4) is 0 Å². The van der Waals surface area contributed by atoms with Gasteiger partial charge < -0.3 is 55.9 Å². The Kier molecular flexibility index (Phi) is 23.4. The van der Waals surface area contributed by atoms with Gasteiger partial charge in [0.2, 0.25) is 0 Å². The summed E-state index contributed by atoms with van der Waals surface area (Å²) in [5.74, 6) is 0.118. The molecule has 3 aromatic carbocycles. The van der Waals surface area contributed by atoms with Gasteiger partial charge in [-0.1, -0.05) is 60.4 Å². The lowest BCUT2D eigenvalue weighted by molar-refractivity contribution is 0.0696. The summed E-state index contributed by atoms with van der Waals surface area (Å²) in [5, 5.41) is 19.1. The molecule has 0 unspecified atom stereocenters. The van der Waals surface area contributed by atoms with E-state index < -0.39 is 5.97 Å². The second-order valence-corrected chi connectivity index (χ2v) is 23.0. The Bertz CT molecular complexity index is 4610. The molecule has 0 spiro atoms. The van der Waals surface area contributed by atoms with Gasteiger partial charge in [-0.15, -0.1) is 0 Å². The number of halogens is 3. The summed E-state index contributed by atoms with van der Waals surface area (Å²) in [6.07, 6.45) is 11.0. The van der Waals surface area contributed by atoms with Gasteiger partial charge in [0.05, 0.1) is 54.2 Å². The third-order valence-corrected chi connectivity index (χ3v) is 15.3. The maximum Gasteiger partial charge on any atom is 0.335 e. The van der Waals surface area contributed by atoms with Crippen LogP contribution in [0.2, 0.25) is 15.1 Å². The molecule has 484 valence electrons. The topological polar surface area (TPSA) is 394 Å². The molecule has 0 bridgehead atoms. The van der Waals surface area contributed by atoms with E-state index in [1.807, 2.05) is 87.5 Å². The van der Waals surface area contributed by atoms with E-state index in [1.165, 1.54) is 12.3 Å². The van der Waals surface area contributed by atoms with Gasteiger partial charge in [-0.25, -0.2) is 19.7 Å². The second kappa shape index (κ2) is 31.9. The Morgan fingerprint density at radius 3 is 1.05 bits per heavy atom. The fraction of sp³-hybridized carbons (Fsp3) is 0.143. The van der Waals surface area contributed by atoms with Gasteiger partial charge >= 0.3 is 5.97 Å². The number of aryl methyl sites for hydroxylation is 3. The molecular weight excluding hydrogens is 1260 g/mol. The monoisotopic (exact) mass is 1330 g/mol. The van der Waals surface area contributed by atoms with E-state index in [0.29, 0.717) is 122 Å². The number of nitrogens with zero attached hydrogens (tertiary/aromatic N) is 9. The number of nitrogens with two attached hydrogens (primary N) is 7. The second-order valence-electron chi connectivity index (χ2n) is 21.7. The van der Waals surface area contributed by atoms with Crippen molar-refractivity contribution in [2.75, 3.05) is 34.4 Å². The lowest BCUT2D eigenvalue weighted by atomic mass is 10.0. The predicted molar refractivity (Wildman–Crippen MR) is 379 cm³/mol. The van der Waals surface area contributed by atoms with Crippen LogP contribution in [0.5, 0.6) is 0 Å². The molecule has 25 heteroatoms. The Hall–Kier alpha value is -11.2. The number of nitrogen functional groups attached to an aromatic ring is 6. The van der Waals surface area contributed by atoms with Crippen molar-refractivity contribution in [2.45, 2.75) is 67.1 Å². The van der Waals surface area contributed by atoms with Crippen molar-refractivity contribution >= 4 is 120 Å². The number of amides is 2. The third kappa shape index (κ3) is 19.0. The van der Waals surface area contributed by atoms with E-state index in [-0.39, 0.29) is 24.8 Å². The van der Waals surface area contributed by atoms with Crippen LogP contribution in [0.15, 0.2) is 165 Å². The summed E-state index contributed by atoms with van der Waals surface area (Å²) in [5.41, 5.74) is 56.0. The van der Waals surface area contributed by atoms with Crippen LogP contribution >= 0.6 is 34.8 Å². The van der Waals surface area contributed by atoms with Crippen LogP contribution in [0.1, 0.15) is 106 Å². The molecular formula is C70H69Cl3N18O4. The Balaban J connectivity index is 0.000000171. The molecule has 0 aliphatic rings. The highest BCUT2D eigenvalue weighted by Crippen LogP contribution is 2.29. The summed E-state index contributed by atoms with van der Waals surface area (Å²) in [6, 6.07) is 37.7. The molecule has 0 aliphatic carbocycles. The molecule has 95 heavy (non-hydrogen) atoms. The summed E-state index contributed by atoms with van der Waals surface area (Å²) in [4.78, 5) is 74.5. The smallest absolute Gasteiger partial charge is 0.335 e. The largest absolute Gasteiger partial charge is 0.478 e. The van der Waals surface area contributed by atoms with Gasteiger partial charge in [-0.05, 0) is 163 Å². The molecule has 17 N–H and O–H groups in total. The first-order valence-electron chi connectivity index (χ1n) is 29.1. The average molecular weight is 1330 g/mol. The number of anilines is 6. The predicted octanol–water partition coefficient (Wildman–Crippen LogP) is 11.6. The standard InChI is InChI=1S/2C23H21ClN6O.C16H12ClN3O2.C7H11N3.CH4/c2*1-13-16(2-3-21(26)30-13)11-29-23(31)15-4-5-27-19(10-15)7-14-6-17-9-18(24)12-28-22(17)20(25)8-14;17-12-6-11-3-9(5-14(18)15(11)20-8-12)4-13-7-10(16(21)22)1-2-19-13;1-5-6(4-8)2-3-7(9)10-5;/h2*2-6,8-10,12H,7,11,25H2,1H3,(H2,26,30)(H,29,31);1-3,5-8H,4,18H2,(H,21,22);2-3H,4,8H2,1H3,(H2,9,10);1H4. The average Bonchev–Trinajstić information content (AvgIpc) is 0.830. The maximum absolute atomic E-state index is 12.6. The van der Waals surface area contributed by atoms with Crippen molar-refractivity contribution in [1.29, 1.82) is 0 Å². The van der Waals surface area contributed by atoms with Crippen LogP contribution in [0.4, 0.5) is 34.5 Å². The maximum atomic E-state index is 12.6. The molecule has 12 rings (SSSR count). The Morgan fingerprint density at radius 1 is 0.421 bits per heavy atom. The summed E-state index contributed by atoms with van der Waals surface area (Å²) in [6.45, 7) is 6.88. The molecule has 0 radical (unpaired) electrons. The first-order valence-corrected chi connectivity index (χ1v) is 30.2. The normalized spacial score (nSPS) is 10.6. The summed E-state index contributed by atoms with van der Waals surface area (Å²) >= 11 is 18.1. The number of carbonyl (C=O) groups excluding carboxylic acids is 2. The molecule has 22 nitrogen and oxygen atoms in total. The highest BCUT2D eigenvalue weighted by molar-refractivity contribution is 6.32. The van der Waals surface area contributed by atoms with Crippen LogP contribution in [-0.4, -0.2) is 67.7 Å². The molecule has 0 fully saturated rings. The minimum absolute atomic E-state index is 0. The molecule has 0 saturated carbocycles. The fourth-order valence-corrected chi connectivity index (χ4v) is 10.5. The number of fused-ring (bicyclic) bond motifs is 3. The number of rotatable bonds is 14. The molecule has 9 aromatic heterocycles. The van der Waals surface area contributed by atoms with Gasteiger partial charge in [0, 0.05) is 138 Å². The molecule has 2 amide bonds. The Labute approximate surface area is 562 Å². The number of nitrogens with one attached hydrogen (secondary N) is 2. The number of carboxylic acid groups (broad SMARTS) is 1. The van der Waals surface area contributed by atoms with E-state index in [1.54, 1.807) is 85.6 Å². The van der Waals surface area contributed by atoms with Crippen LogP contribution in [-0.2, 0) is 38.9 Å². The molecule has 0 atom stereocenters. The third-order valence-electron chi connectivity index (χ3n) is 14.6. The van der Waals surface area contributed by atoms with Gasteiger partial charge in [-0.2, -0.15) is 0 Å². The number of carboxylic acids is 1. The molecule has 0 aliphatic heterocycles. The molecule has 12 aromatic rings. The van der Waals surface area contributed by atoms with Crippen molar-refractivity contribution < 1.29 is 19.5 Å². The lowest BCUT2D eigenvalue weighted by Gasteiger charge is -2.10. The van der Waals surface area contributed by atoms with Gasteiger partial charge in [0.1, 0.15) is 17.5 Å². The zero-order valence-electron chi connectivity index (χ0n) is 51.2. The van der Waals surface area contributed by atoms with E-state index in [9.17, 15) is 14.4 Å². The first-order chi connectivity index (χ1) is 45.0. The Morgan fingerprint density at radius 2 is 0.737 bits per heavy atom. The zero-order valence-corrected chi connectivity index (χ0v) is 53.5. The summed E-state index contributed by atoms with van der Waals surface area (Å²) in [7, 11) is 0. The quantitative estimate of drug-likeness (QED) is 0.0452. The lowest BCUT2D eigenvalue weighted by Crippen LogP contribution is -2.23. The number of aromatic nitrogens is 9. The van der Waals surface area contributed by atoms with E-state index >= 15 is 0 Å². The van der Waals surface area contributed by atoms with Crippen molar-refractivity contribution in [1.82, 2.24) is 55.5 Å². The van der Waals surface area contributed by atoms with Gasteiger partial charge in [-0.3, -0.25) is 39.5 Å². The minimum Gasteiger partial charge on any atom is -0.478 e. The van der Waals surface area contributed by atoms with Crippen LogP contribution < -0.4 is 50.8 Å². The number of hydrogen-bond donors (Lipinski definition) is 10. The SMILES string of the molecule is C.Cc1nc(N)ccc1CN.Cc1nc(N)ccc1CNC(=O)c1ccnc(Cc2cc(N)c3ncc(Cl)cc3c2)c1.Cc1nc(N)ccc1CNC(=O)c1ccnc(Cc2cc(N)c3ncc(Cl)cc3c2)c1.Nc1cc(Cc2cc(C(=O)O)ccn2)cc2cc(Cl)cnc12. The van der Waals surface area contributed by atoms with Crippen LogP contribution in [0.3, 0.4) is 0 Å². The minimum atomic E-state index is -0.974. The highest BCUT2D eigenvalue weighted by Gasteiger charge is 2.15. The number of aromatic carboxylic acids is 1. The van der Waals surface area contributed by atoms with Crippen molar-refractivity contribution in [3.05, 3.63) is 264 Å². The number of pyridine rings is 9. The van der Waals surface area contributed by atoms with Crippen LogP contribution in [0, 0.1) is 20.8 Å². The van der Waals surface area contributed by atoms with E-state index in [2.05, 4.69) is 55.5 Å². The summed E-state index contributed by atoms with van der Waals surface area (Å²) < 4.78 is 0. The van der Waals surface area contributed by atoms with Crippen LogP contribution in [0.25, 0.3) is 32.7 Å². The van der Waals surface area contributed by atoms with Gasteiger partial charge in [0.15, 0.2) is 0 Å². The zero-order chi connectivity index (χ0) is 67.2. The fourth-order valence-electron chi connectivity index (χ4n) is 9.99. The number of carbonyl (C=O) groups is 3. The molecule has 0 saturated heterocycles. The number of hydrogen-bond acceptors (Lipinski definition) is 19. The highest BCUT2D eigenvalue weighted by atomic mass is 35.5. The molecule has 9 heterocycles. The van der Waals surface area contributed by atoms with E-state index in [0.717, 1.165) is 78.0 Å². The van der Waals surface area contributed by atoms with Crippen molar-refractivity contribution in [3.63, 3.8) is 0 Å². The number of benzene rings is 3.